The van der Waals surface area contributed by atoms with Crippen molar-refractivity contribution >= 4 is 5.69 Å². The maximum Gasteiger partial charge on any atom is 0.269 e. The Morgan fingerprint density at radius 2 is 2.31 bits per heavy atom. The molecule has 0 saturated carbocycles. The van der Waals surface area contributed by atoms with Crippen LogP contribution in [0.1, 0.15) is 30.0 Å². The van der Waals surface area contributed by atoms with E-state index in [2.05, 4.69) is 5.32 Å². The molecule has 0 bridgehead atoms. The molecule has 84 valence electrons. The number of piperidine rings is 1. The van der Waals surface area contributed by atoms with Crippen molar-refractivity contribution in [2.24, 2.45) is 5.92 Å². The summed E-state index contributed by atoms with van der Waals surface area (Å²) in [5, 5.41) is 14.2. The number of hydrogen-bond donors (Lipinski definition) is 1. The molecule has 1 aromatic rings. The molecule has 1 saturated heterocycles. The van der Waals surface area contributed by atoms with Gasteiger partial charge in [0.1, 0.15) is 0 Å². The van der Waals surface area contributed by atoms with Gasteiger partial charge in [0.25, 0.3) is 5.69 Å². The molecule has 1 fully saturated rings. The molecule has 1 aliphatic carbocycles. The molecule has 1 heterocycles. The van der Waals surface area contributed by atoms with Gasteiger partial charge in [-0.1, -0.05) is 6.07 Å². The Labute approximate surface area is 93.8 Å². The van der Waals surface area contributed by atoms with Crippen molar-refractivity contribution in [2.45, 2.75) is 25.3 Å². The molecule has 1 N–H and O–H groups in total. The molecule has 3 rings (SSSR count). The summed E-state index contributed by atoms with van der Waals surface area (Å²) >= 11 is 0. The monoisotopic (exact) mass is 218 g/mol. The van der Waals surface area contributed by atoms with Gasteiger partial charge in [-0.3, -0.25) is 10.1 Å². The molecule has 1 aliphatic heterocycles. The lowest BCUT2D eigenvalue weighted by Crippen LogP contribution is -2.31. The Morgan fingerprint density at radius 1 is 1.44 bits per heavy atom. The number of non-ortho nitro benzene ring substituents is 1. The van der Waals surface area contributed by atoms with Gasteiger partial charge >= 0.3 is 0 Å². The second kappa shape index (κ2) is 3.56. The lowest BCUT2D eigenvalue weighted by molar-refractivity contribution is -0.384. The highest BCUT2D eigenvalue weighted by atomic mass is 16.6. The molecular formula is C12H14N2O2. The van der Waals surface area contributed by atoms with Crippen molar-refractivity contribution < 1.29 is 4.92 Å². The van der Waals surface area contributed by atoms with Gasteiger partial charge in [0, 0.05) is 18.2 Å². The second-order valence-electron chi connectivity index (χ2n) is 4.68. The highest BCUT2D eigenvalue weighted by Crippen LogP contribution is 2.41. The van der Waals surface area contributed by atoms with Gasteiger partial charge in [0.05, 0.1) is 4.92 Å². The third-order valence-electron chi connectivity index (χ3n) is 3.74. The van der Waals surface area contributed by atoms with E-state index in [0.29, 0.717) is 12.0 Å². The summed E-state index contributed by atoms with van der Waals surface area (Å²) in [6, 6.07) is 5.64. The molecule has 0 amide bonds. The van der Waals surface area contributed by atoms with Crippen LogP contribution in [0.25, 0.3) is 0 Å². The minimum absolute atomic E-state index is 0.215. The van der Waals surface area contributed by atoms with Crippen molar-refractivity contribution in [3.05, 3.63) is 39.4 Å². The van der Waals surface area contributed by atoms with E-state index >= 15 is 0 Å². The van der Waals surface area contributed by atoms with Crippen LogP contribution in [0.4, 0.5) is 5.69 Å². The highest BCUT2D eigenvalue weighted by molar-refractivity contribution is 5.45. The molecule has 4 heteroatoms. The van der Waals surface area contributed by atoms with E-state index in [1.54, 1.807) is 12.1 Å². The van der Waals surface area contributed by atoms with Gasteiger partial charge in [-0.2, -0.15) is 0 Å². The van der Waals surface area contributed by atoms with Gasteiger partial charge in [-0.05, 0) is 42.9 Å². The van der Waals surface area contributed by atoms with Crippen LogP contribution < -0.4 is 5.32 Å². The van der Waals surface area contributed by atoms with E-state index in [4.69, 9.17) is 0 Å². The van der Waals surface area contributed by atoms with E-state index in [-0.39, 0.29) is 10.6 Å². The second-order valence-corrected chi connectivity index (χ2v) is 4.68. The number of nitrogens with zero attached hydrogens (tertiary/aromatic N) is 1. The third kappa shape index (κ3) is 1.41. The molecule has 2 atom stereocenters. The average Bonchev–Trinajstić information content (AvgIpc) is 2.66. The van der Waals surface area contributed by atoms with Crippen molar-refractivity contribution in [1.29, 1.82) is 0 Å². The van der Waals surface area contributed by atoms with Crippen LogP contribution in [-0.4, -0.2) is 11.5 Å². The van der Waals surface area contributed by atoms with Gasteiger partial charge in [-0.15, -0.1) is 0 Å². The largest absolute Gasteiger partial charge is 0.310 e. The molecule has 0 spiro atoms. The first-order valence-electron chi connectivity index (χ1n) is 5.76. The highest BCUT2D eigenvalue weighted by Gasteiger charge is 2.34. The van der Waals surface area contributed by atoms with E-state index in [1.165, 1.54) is 18.4 Å². The van der Waals surface area contributed by atoms with Crippen LogP contribution in [0.3, 0.4) is 0 Å². The summed E-state index contributed by atoms with van der Waals surface area (Å²) in [5.41, 5.74) is 2.65. The fraction of sp³-hybridized carbons (Fsp3) is 0.500. The molecule has 2 unspecified atom stereocenters. The van der Waals surface area contributed by atoms with Crippen molar-refractivity contribution in [1.82, 2.24) is 5.32 Å². The number of nitro benzene ring substituents is 1. The minimum Gasteiger partial charge on any atom is -0.310 e. The fourth-order valence-electron chi connectivity index (χ4n) is 2.99. The molecule has 0 radical (unpaired) electrons. The van der Waals surface area contributed by atoms with Crippen molar-refractivity contribution in [3.8, 4) is 0 Å². The summed E-state index contributed by atoms with van der Waals surface area (Å²) in [7, 11) is 0. The Balaban J connectivity index is 2.00. The fourth-order valence-corrected chi connectivity index (χ4v) is 2.99. The number of nitrogens with one attached hydrogen (secondary N) is 1. The average molecular weight is 218 g/mol. The molecule has 16 heavy (non-hydrogen) atoms. The zero-order valence-corrected chi connectivity index (χ0v) is 8.98. The van der Waals surface area contributed by atoms with Crippen LogP contribution in [-0.2, 0) is 6.42 Å². The normalized spacial score (nSPS) is 27.2. The Hall–Kier alpha value is -1.42. The topological polar surface area (TPSA) is 55.2 Å². The Morgan fingerprint density at radius 3 is 3.12 bits per heavy atom. The number of nitro groups is 1. The minimum atomic E-state index is -0.309. The maximum atomic E-state index is 10.7. The predicted octanol–water partition coefficient (Wildman–Crippen LogP) is 2.19. The van der Waals surface area contributed by atoms with Crippen LogP contribution >= 0.6 is 0 Å². The standard InChI is InChI=1S/C12H14N2O2/c15-14(16)10-4-3-8-6-9-2-1-5-13-12(9)11(8)7-10/h3-4,7,9,12-13H,1-2,5-6H2. The first kappa shape index (κ1) is 9.78. The van der Waals surface area contributed by atoms with E-state index < -0.39 is 0 Å². The van der Waals surface area contributed by atoms with Gasteiger partial charge < -0.3 is 5.32 Å². The molecule has 1 aromatic carbocycles. The van der Waals surface area contributed by atoms with Crippen molar-refractivity contribution in [2.75, 3.05) is 6.54 Å². The van der Waals surface area contributed by atoms with Gasteiger partial charge in [0.2, 0.25) is 0 Å². The molecule has 4 nitrogen and oxygen atoms in total. The van der Waals surface area contributed by atoms with Crippen LogP contribution in [0.5, 0.6) is 0 Å². The van der Waals surface area contributed by atoms with E-state index in [1.807, 2.05) is 6.07 Å². The SMILES string of the molecule is O=[N+]([O-])c1ccc2c(c1)C1NCCCC1C2. The third-order valence-corrected chi connectivity index (χ3v) is 3.74. The summed E-state index contributed by atoms with van der Waals surface area (Å²) in [6.07, 6.45) is 3.53. The summed E-state index contributed by atoms with van der Waals surface area (Å²) < 4.78 is 0. The number of hydrogen-bond acceptors (Lipinski definition) is 3. The Kier molecular flexibility index (Phi) is 2.17. The Bertz CT molecular complexity index is 445. The zero-order chi connectivity index (χ0) is 11.1. The van der Waals surface area contributed by atoms with Gasteiger partial charge in [-0.25, -0.2) is 0 Å². The predicted molar refractivity (Wildman–Crippen MR) is 60.3 cm³/mol. The summed E-state index contributed by atoms with van der Waals surface area (Å²) in [4.78, 5) is 10.4. The molecular weight excluding hydrogens is 204 g/mol. The van der Waals surface area contributed by atoms with Crippen LogP contribution in [0.2, 0.25) is 0 Å². The van der Waals surface area contributed by atoms with Gasteiger partial charge in [0.15, 0.2) is 0 Å². The van der Waals surface area contributed by atoms with Crippen LogP contribution in [0.15, 0.2) is 18.2 Å². The molecule has 2 aliphatic rings. The smallest absolute Gasteiger partial charge is 0.269 e. The first-order valence-corrected chi connectivity index (χ1v) is 5.76. The first-order chi connectivity index (χ1) is 7.75. The number of benzene rings is 1. The number of fused-ring (bicyclic) bond motifs is 3. The van der Waals surface area contributed by atoms with E-state index in [9.17, 15) is 10.1 Å². The zero-order valence-electron chi connectivity index (χ0n) is 8.98. The molecule has 0 aromatic heterocycles. The van der Waals surface area contributed by atoms with E-state index in [0.717, 1.165) is 18.5 Å². The lowest BCUT2D eigenvalue weighted by atomic mass is 9.92. The van der Waals surface area contributed by atoms with Crippen molar-refractivity contribution in [3.63, 3.8) is 0 Å². The summed E-state index contributed by atoms with van der Waals surface area (Å²) in [6.45, 7) is 1.03. The quantitative estimate of drug-likeness (QED) is 0.580. The summed E-state index contributed by atoms with van der Waals surface area (Å²) in [5.74, 6) is 0.644. The number of rotatable bonds is 1. The van der Waals surface area contributed by atoms with Crippen LogP contribution in [0, 0.1) is 16.0 Å². The maximum absolute atomic E-state index is 10.7. The lowest BCUT2D eigenvalue weighted by Gasteiger charge is -2.26.